The summed E-state index contributed by atoms with van der Waals surface area (Å²) < 4.78 is 0. The van der Waals surface area contributed by atoms with E-state index in [1.165, 1.54) is 0 Å². The van der Waals surface area contributed by atoms with Gasteiger partial charge in [-0.2, -0.15) is 11.8 Å². The summed E-state index contributed by atoms with van der Waals surface area (Å²) in [5, 5.41) is 13.6. The summed E-state index contributed by atoms with van der Waals surface area (Å²) in [5.41, 5.74) is 0.778. The molecule has 1 atom stereocenters. The molecule has 0 aliphatic heterocycles. The van der Waals surface area contributed by atoms with Gasteiger partial charge in [0, 0.05) is 23.2 Å². The number of thioether (sulfide) groups is 1. The normalized spacial score (nSPS) is 12.7. The van der Waals surface area contributed by atoms with E-state index in [1.54, 1.807) is 18.2 Å². The Balaban J connectivity index is 2.48. The predicted molar refractivity (Wildman–Crippen MR) is 72.4 cm³/mol. The van der Waals surface area contributed by atoms with Gasteiger partial charge in [0.25, 0.3) is 0 Å². The number of hydrogen-bond donors (Lipinski definition) is 2. The summed E-state index contributed by atoms with van der Waals surface area (Å²) in [5.74, 6) is 1.40. The van der Waals surface area contributed by atoms with Crippen LogP contribution in [-0.2, 0) is 6.54 Å². The van der Waals surface area contributed by atoms with Gasteiger partial charge < -0.3 is 10.4 Å². The number of hydrogen-bond acceptors (Lipinski definition) is 3. The molecule has 0 bridgehead atoms. The van der Waals surface area contributed by atoms with Crippen LogP contribution in [0.1, 0.15) is 18.9 Å². The minimum atomic E-state index is 0.261. The molecule has 90 valence electrons. The lowest BCUT2D eigenvalue weighted by molar-refractivity contribution is 0.458. The zero-order chi connectivity index (χ0) is 12.0. The first-order chi connectivity index (χ1) is 7.65. The zero-order valence-corrected chi connectivity index (χ0v) is 11.2. The third-order valence-electron chi connectivity index (χ3n) is 2.48. The first kappa shape index (κ1) is 13.7. The van der Waals surface area contributed by atoms with Crippen LogP contribution in [0.2, 0.25) is 5.02 Å². The van der Waals surface area contributed by atoms with Crippen molar-refractivity contribution >= 4 is 23.4 Å². The van der Waals surface area contributed by atoms with Gasteiger partial charge in [0.1, 0.15) is 5.75 Å². The fraction of sp³-hybridized carbons (Fsp3) is 0.500. The Morgan fingerprint density at radius 2 is 2.25 bits per heavy atom. The molecule has 1 rings (SSSR count). The van der Waals surface area contributed by atoms with Crippen LogP contribution < -0.4 is 5.32 Å². The Kier molecular flexibility index (Phi) is 6.03. The smallest absolute Gasteiger partial charge is 0.121 e. The van der Waals surface area contributed by atoms with E-state index in [1.807, 2.05) is 11.8 Å². The van der Waals surface area contributed by atoms with Crippen LogP contribution in [-0.4, -0.2) is 23.2 Å². The monoisotopic (exact) mass is 259 g/mol. The van der Waals surface area contributed by atoms with Crippen molar-refractivity contribution in [1.82, 2.24) is 5.32 Å². The van der Waals surface area contributed by atoms with Gasteiger partial charge in [0.15, 0.2) is 0 Å². The lowest BCUT2D eigenvalue weighted by atomic mass is 10.2. The van der Waals surface area contributed by atoms with E-state index in [9.17, 15) is 5.11 Å². The second kappa shape index (κ2) is 7.05. The van der Waals surface area contributed by atoms with Crippen LogP contribution in [0.5, 0.6) is 5.75 Å². The second-order valence-electron chi connectivity index (χ2n) is 3.80. The molecule has 0 saturated heterocycles. The fourth-order valence-corrected chi connectivity index (χ4v) is 2.22. The summed E-state index contributed by atoms with van der Waals surface area (Å²) in [4.78, 5) is 0. The van der Waals surface area contributed by atoms with Gasteiger partial charge >= 0.3 is 0 Å². The molecular weight excluding hydrogens is 242 g/mol. The molecule has 2 N–H and O–H groups in total. The van der Waals surface area contributed by atoms with Crippen molar-refractivity contribution in [3.63, 3.8) is 0 Å². The van der Waals surface area contributed by atoms with Crippen molar-refractivity contribution in [2.45, 2.75) is 25.9 Å². The number of benzene rings is 1. The van der Waals surface area contributed by atoms with Gasteiger partial charge in [-0.3, -0.25) is 0 Å². The highest BCUT2D eigenvalue weighted by Crippen LogP contribution is 2.24. The van der Waals surface area contributed by atoms with E-state index in [0.29, 0.717) is 17.6 Å². The summed E-state index contributed by atoms with van der Waals surface area (Å²) in [6, 6.07) is 5.64. The third kappa shape index (κ3) is 4.24. The van der Waals surface area contributed by atoms with Crippen LogP contribution in [0.25, 0.3) is 0 Å². The topological polar surface area (TPSA) is 32.3 Å². The molecule has 1 aromatic carbocycles. The van der Waals surface area contributed by atoms with Crippen molar-refractivity contribution in [2.75, 3.05) is 12.0 Å². The molecule has 0 amide bonds. The lowest BCUT2D eigenvalue weighted by Crippen LogP contribution is -2.26. The molecule has 2 nitrogen and oxygen atoms in total. The molecule has 0 saturated carbocycles. The minimum Gasteiger partial charge on any atom is -0.508 e. The van der Waals surface area contributed by atoms with Crippen molar-refractivity contribution in [3.8, 4) is 5.75 Å². The quantitative estimate of drug-likeness (QED) is 0.822. The Bertz CT molecular complexity index is 313. The average molecular weight is 260 g/mol. The molecule has 0 heterocycles. The van der Waals surface area contributed by atoms with Crippen LogP contribution in [0.4, 0.5) is 0 Å². The number of rotatable bonds is 6. The summed E-state index contributed by atoms with van der Waals surface area (Å²) >= 11 is 7.86. The van der Waals surface area contributed by atoms with Crippen molar-refractivity contribution in [2.24, 2.45) is 0 Å². The minimum absolute atomic E-state index is 0.261. The molecule has 0 fully saturated rings. The molecule has 0 aromatic heterocycles. The average Bonchev–Trinajstić information content (AvgIpc) is 2.25. The number of phenols is 1. The highest BCUT2D eigenvalue weighted by molar-refractivity contribution is 7.98. The highest BCUT2D eigenvalue weighted by atomic mass is 35.5. The largest absolute Gasteiger partial charge is 0.508 e. The van der Waals surface area contributed by atoms with Crippen molar-refractivity contribution in [3.05, 3.63) is 28.8 Å². The van der Waals surface area contributed by atoms with E-state index in [0.717, 1.165) is 17.7 Å². The molecule has 0 aliphatic carbocycles. The van der Waals surface area contributed by atoms with E-state index in [-0.39, 0.29) is 5.75 Å². The van der Waals surface area contributed by atoms with Crippen LogP contribution in [0.3, 0.4) is 0 Å². The lowest BCUT2D eigenvalue weighted by Gasteiger charge is -2.14. The van der Waals surface area contributed by atoms with Crippen LogP contribution >= 0.6 is 23.4 Å². The summed E-state index contributed by atoms with van der Waals surface area (Å²) in [6.45, 7) is 2.76. The standard InChI is InChI=1S/C12H18ClNOS/c1-9(6-7-16-2)14-8-10-11(13)4-3-5-12(10)15/h3-5,9,14-15H,6-8H2,1-2H3. The highest BCUT2D eigenvalue weighted by Gasteiger charge is 2.07. The van der Waals surface area contributed by atoms with Crippen LogP contribution in [0.15, 0.2) is 18.2 Å². The number of nitrogens with one attached hydrogen (secondary N) is 1. The SMILES string of the molecule is CSCCC(C)NCc1c(O)cccc1Cl. The molecule has 16 heavy (non-hydrogen) atoms. The molecule has 4 heteroatoms. The Hall–Kier alpha value is -0.380. The third-order valence-corrected chi connectivity index (χ3v) is 3.47. The van der Waals surface area contributed by atoms with E-state index in [4.69, 9.17) is 11.6 Å². The molecule has 1 aromatic rings. The molecule has 0 aliphatic rings. The van der Waals surface area contributed by atoms with Gasteiger partial charge in [-0.05, 0) is 37.5 Å². The first-order valence-corrected chi connectivity index (χ1v) is 7.11. The molecule has 0 spiro atoms. The summed E-state index contributed by atoms with van der Waals surface area (Å²) in [7, 11) is 0. The molecule has 0 radical (unpaired) electrons. The Morgan fingerprint density at radius 3 is 2.88 bits per heavy atom. The molecule has 1 unspecified atom stereocenters. The van der Waals surface area contributed by atoms with Gasteiger partial charge in [0.2, 0.25) is 0 Å². The fourth-order valence-electron chi connectivity index (χ4n) is 1.40. The van der Waals surface area contributed by atoms with Crippen molar-refractivity contribution in [1.29, 1.82) is 0 Å². The maximum absolute atomic E-state index is 9.65. The Labute approximate surface area is 106 Å². The maximum atomic E-state index is 9.65. The van der Waals surface area contributed by atoms with Gasteiger partial charge in [-0.15, -0.1) is 0 Å². The van der Waals surface area contributed by atoms with Crippen molar-refractivity contribution < 1.29 is 5.11 Å². The zero-order valence-electron chi connectivity index (χ0n) is 9.66. The van der Waals surface area contributed by atoms with Crippen LogP contribution in [0, 0.1) is 0 Å². The predicted octanol–water partition coefficient (Wildman–Crippen LogP) is 3.28. The van der Waals surface area contributed by atoms with Gasteiger partial charge in [-0.1, -0.05) is 17.7 Å². The maximum Gasteiger partial charge on any atom is 0.121 e. The molecular formula is C12H18ClNOS. The van der Waals surface area contributed by atoms with Gasteiger partial charge in [-0.25, -0.2) is 0 Å². The van der Waals surface area contributed by atoms with E-state index in [2.05, 4.69) is 18.5 Å². The number of phenolic OH excluding ortho intramolecular Hbond substituents is 1. The van der Waals surface area contributed by atoms with E-state index < -0.39 is 0 Å². The first-order valence-electron chi connectivity index (χ1n) is 5.33. The summed E-state index contributed by atoms with van der Waals surface area (Å²) in [6.07, 6.45) is 3.22. The number of aromatic hydroxyl groups is 1. The second-order valence-corrected chi connectivity index (χ2v) is 5.19. The van der Waals surface area contributed by atoms with Gasteiger partial charge in [0.05, 0.1) is 0 Å². The number of halogens is 1. The van der Waals surface area contributed by atoms with E-state index >= 15 is 0 Å². The Morgan fingerprint density at radius 1 is 1.50 bits per heavy atom.